The van der Waals surface area contributed by atoms with Gasteiger partial charge >= 0.3 is 0 Å². The number of carbonyl (C=O) groups excluding carboxylic acids is 2. The quantitative estimate of drug-likeness (QED) is 0.300. The Morgan fingerprint density at radius 3 is 2.55 bits per heavy atom. The van der Waals surface area contributed by atoms with Crippen LogP contribution in [0.3, 0.4) is 0 Å². The van der Waals surface area contributed by atoms with E-state index in [9.17, 15) is 14.0 Å². The summed E-state index contributed by atoms with van der Waals surface area (Å²) in [7, 11) is 0. The monoisotopic (exact) mass is 476 g/mol. The summed E-state index contributed by atoms with van der Waals surface area (Å²) in [4.78, 5) is 26.9. The molecule has 7 heteroatoms. The van der Waals surface area contributed by atoms with Crippen LogP contribution in [0.1, 0.15) is 16.7 Å². The number of aromatic nitrogens is 1. The minimum atomic E-state index is -0.440. The topological polar surface area (TPSA) is 42.3 Å². The van der Waals surface area contributed by atoms with Gasteiger partial charge in [0.1, 0.15) is 5.82 Å². The number of benzene rings is 3. The molecule has 164 valence electrons. The van der Waals surface area contributed by atoms with Crippen LogP contribution in [0.25, 0.3) is 17.0 Å². The first-order chi connectivity index (χ1) is 16.0. The maximum Gasteiger partial charge on any atom is 0.293 e. The highest BCUT2D eigenvalue weighted by Crippen LogP contribution is 2.35. The van der Waals surface area contributed by atoms with Gasteiger partial charge in [0.25, 0.3) is 11.1 Å². The fraction of sp³-hybridized carbons (Fsp3) is 0.0769. The molecule has 0 saturated carbocycles. The third kappa shape index (κ3) is 4.32. The van der Waals surface area contributed by atoms with Gasteiger partial charge in [0.2, 0.25) is 0 Å². The molecular weight excluding hydrogens is 459 g/mol. The lowest BCUT2D eigenvalue weighted by atomic mass is 10.1. The van der Waals surface area contributed by atoms with Crippen molar-refractivity contribution in [3.8, 4) is 0 Å². The average Bonchev–Trinajstić information content (AvgIpc) is 3.27. The van der Waals surface area contributed by atoms with Gasteiger partial charge in [0.15, 0.2) is 0 Å². The zero-order chi connectivity index (χ0) is 22.9. The minimum Gasteiger partial charge on any atom is -0.342 e. The van der Waals surface area contributed by atoms with Gasteiger partial charge in [-0.25, -0.2) is 4.39 Å². The summed E-state index contributed by atoms with van der Waals surface area (Å²) in [5, 5.41) is 1.24. The predicted octanol–water partition coefficient (Wildman–Crippen LogP) is 6.72. The van der Waals surface area contributed by atoms with Crippen LogP contribution in [0.15, 0.2) is 83.9 Å². The van der Waals surface area contributed by atoms with Crippen LogP contribution >= 0.6 is 23.4 Å². The molecule has 4 aromatic rings. The number of halogens is 2. The van der Waals surface area contributed by atoms with Crippen molar-refractivity contribution in [2.75, 3.05) is 0 Å². The minimum absolute atomic E-state index is 0.0921. The molecule has 1 saturated heterocycles. The maximum atomic E-state index is 14.0. The van der Waals surface area contributed by atoms with Crippen molar-refractivity contribution in [1.29, 1.82) is 0 Å². The molecule has 1 aromatic heterocycles. The van der Waals surface area contributed by atoms with Crippen molar-refractivity contribution in [3.05, 3.63) is 111 Å². The van der Waals surface area contributed by atoms with Gasteiger partial charge in [-0.1, -0.05) is 60.1 Å². The summed E-state index contributed by atoms with van der Waals surface area (Å²) in [5.74, 6) is -0.857. The normalized spacial score (nSPS) is 15.2. The zero-order valence-electron chi connectivity index (χ0n) is 17.4. The first-order valence-electron chi connectivity index (χ1n) is 10.3. The van der Waals surface area contributed by atoms with Gasteiger partial charge in [-0.3, -0.25) is 14.5 Å². The molecule has 0 unspecified atom stereocenters. The van der Waals surface area contributed by atoms with Gasteiger partial charge in [0.05, 0.1) is 11.4 Å². The molecule has 33 heavy (non-hydrogen) atoms. The highest BCUT2D eigenvalue weighted by Gasteiger charge is 2.35. The van der Waals surface area contributed by atoms with Crippen LogP contribution in [0.5, 0.6) is 0 Å². The van der Waals surface area contributed by atoms with Gasteiger partial charge in [-0.2, -0.15) is 0 Å². The Balaban J connectivity index is 1.47. The molecule has 0 spiro atoms. The smallest absolute Gasteiger partial charge is 0.293 e. The second kappa shape index (κ2) is 8.89. The summed E-state index contributed by atoms with van der Waals surface area (Å²) in [6, 6.07) is 21.7. The Labute approximate surface area is 199 Å². The van der Waals surface area contributed by atoms with Crippen molar-refractivity contribution >= 4 is 51.5 Å². The molecule has 0 N–H and O–H groups in total. The Bertz CT molecular complexity index is 1430. The number of thioether (sulfide) groups is 1. The van der Waals surface area contributed by atoms with E-state index in [0.29, 0.717) is 22.0 Å². The fourth-order valence-electron chi connectivity index (χ4n) is 3.93. The largest absolute Gasteiger partial charge is 0.342 e. The van der Waals surface area contributed by atoms with Crippen LogP contribution in [-0.2, 0) is 17.9 Å². The van der Waals surface area contributed by atoms with Crippen LogP contribution in [0.2, 0.25) is 5.02 Å². The van der Waals surface area contributed by atoms with Gasteiger partial charge in [-0.15, -0.1) is 0 Å². The second-order valence-corrected chi connectivity index (χ2v) is 9.15. The van der Waals surface area contributed by atoms with E-state index >= 15 is 0 Å². The van der Waals surface area contributed by atoms with Crippen LogP contribution in [-0.4, -0.2) is 20.6 Å². The molecule has 2 amide bonds. The Hall–Kier alpha value is -3.35. The molecule has 4 nitrogen and oxygen atoms in total. The molecule has 0 atom stereocenters. The summed E-state index contributed by atoms with van der Waals surface area (Å²) in [6.45, 7) is 0.523. The summed E-state index contributed by atoms with van der Waals surface area (Å²) in [5.41, 5.74) is 3.21. The van der Waals surface area contributed by atoms with Crippen LogP contribution in [0, 0.1) is 5.82 Å². The molecule has 0 radical (unpaired) electrons. The predicted molar refractivity (Wildman–Crippen MR) is 130 cm³/mol. The van der Waals surface area contributed by atoms with Crippen molar-refractivity contribution in [2.45, 2.75) is 13.1 Å². The van der Waals surface area contributed by atoms with Crippen molar-refractivity contribution in [2.24, 2.45) is 0 Å². The number of carbonyl (C=O) groups is 2. The zero-order valence-corrected chi connectivity index (χ0v) is 18.9. The van der Waals surface area contributed by atoms with Gasteiger partial charge in [-0.05, 0) is 47.7 Å². The van der Waals surface area contributed by atoms with E-state index in [-0.39, 0.29) is 6.54 Å². The number of nitrogens with zero attached hydrogens (tertiary/aromatic N) is 2. The number of hydrogen-bond acceptors (Lipinski definition) is 3. The Morgan fingerprint density at radius 2 is 1.73 bits per heavy atom. The summed E-state index contributed by atoms with van der Waals surface area (Å²) < 4.78 is 16.1. The number of amides is 2. The molecule has 1 aliphatic heterocycles. The lowest BCUT2D eigenvalue weighted by Crippen LogP contribution is -2.27. The molecule has 5 rings (SSSR count). The van der Waals surface area contributed by atoms with E-state index in [1.54, 1.807) is 24.3 Å². The molecule has 3 aromatic carbocycles. The lowest BCUT2D eigenvalue weighted by Gasteiger charge is -2.12. The van der Waals surface area contributed by atoms with Crippen molar-refractivity contribution < 1.29 is 14.0 Å². The first kappa shape index (κ1) is 21.5. The highest BCUT2D eigenvalue weighted by molar-refractivity contribution is 8.18. The van der Waals surface area contributed by atoms with E-state index in [4.69, 9.17) is 11.6 Å². The lowest BCUT2D eigenvalue weighted by molar-refractivity contribution is -0.123. The highest BCUT2D eigenvalue weighted by atomic mass is 35.5. The first-order valence-corrected chi connectivity index (χ1v) is 11.5. The molecule has 2 heterocycles. The van der Waals surface area contributed by atoms with E-state index in [2.05, 4.69) is 4.57 Å². The number of hydrogen-bond donors (Lipinski definition) is 0. The number of rotatable bonds is 5. The van der Waals surface area contributed by atoms with E-state index < -0.39 is 17.0 Å². The van der Waals surface area contributed by atoms with Crippen molar-refractivity contribution in [3.63, 3.8) is 0 Å². The van der Waals surface area contributed by atoms with Crippen LogP contribution < -0.4 is 0 Å². The third-order valence-corrected chi connectivity index (χ3v) is 6.65. The van der Waals surface area contributed by atoms with E-state index in [0.717, 1.165) is 38.7 Å². The third-order valence-electron chi connectivity index (χ3n) is 5.51. The number of fused-ring (bicyclic) bond motifs is 1. The van der Waals surface area contributed by atoms with E-state index in [1.165, 1.54) is 6.07 Å². The standard InChI is InChI=1S/C26H18ClFN2O2S/c27-20-8-5-6-17(12-20)14-29-15-19(21-9-2-4-11-23(21)29)13-24-25(31)30(26(32)33-24)16-18-7-1-3-10-22(18)28/h1-13,15H,14,16H2/b24-13-. The molecule has 1 fully saturated rings. The second-order valence-electron chi connectivity index (χ2n) is 7.72. The molecule has 0 bridgehead atoms. The molecular formula is C26H18ClFN2O2S. The summed E-state index contributed by atoms with van der Waals surface area (Å²) >= 11 is 7.01. The van der Waals surface area contributed by atoms with Crippen molar-refractivity contribution in [1.82, 2.24) is 9.47 Å². The molecule has 1 aliphatic rings. The maximum absolute atomic E-state index is 14.0. The molecule has 0 aliphatic carbocycles. The fourth-order valence-corrected chi connectivity index (χ4v) is 4.97. The SMILES string of the molecule is O=C1S/C(=C\c2cn(Cc3cccc(Cl)c3)c3ccccc23)C(=O)N1Cc1ccccc1F. The Kier molecular flexibility index (Phi) is 5.79. The average molecular weight is 477 g/mol. The number of imide groups is 1. The summed E-state index contributed by atoms with van der Waals surface area (Å²) in [6.07, 6.45) is 3.71. The van der Waals surface area contributed by atoms with Gasteiger partial charge in [0, 0.05) is 39.8 Å². The van der Waals surface area contributed by atoms with Crippen LogP contribution in [0.4, 0.5) is 9.18 Å². The van der Waals surface area contributed by atoms with Gasteiger partial charge < -0.3 is 4.57 Å². The van der Waals surface area contributed by atoms with E-state index in [1.807, 2.05) is 54.7 Å². The Morgan fingerprint density at radius 1 is 0.939 bits per heavy atom. The number of para-hydroxylation sites is 1.